The van der Waals surface area contributed by atoms with Gasteiger partial charge >= 0.3 is 108 Å². The van der Waals surface area contributed by atoms with Crippen molar-refractivity contribution >= 4 is 25.2 Å². The van der Waals surface area contributed by atoms with Crippen LogP contribution in [0.1, 0.15) is 15.9 Å². The first kappa shape index (κ1) is 12.1. The van der Waals surface area contributed by atoms with Gasteiger partial charge in [-0.15, -0.1) is 0 Å². The molecule has 86 valence electrons. The Morgan fingerprint density at radius 1 is 1.00 bits per heavy atom. The van der Waals surface area contributed by atoms with Crippen LogP contribution in [-0.4, -0.2) is 20.7 Å². The molecule has 17 heavy (non-hydrogen) atoms. The van der Waals surface area contributed by atoms with Crippen molar-refractivity contribution in [3.8, 4) is 0 Å². The molecule has 0 spiro atoms. The van der Waals surface area contributed by atoms with Crippen LogP contribution in [0.15, 0.2) is 54.6 Å². The molecular formula is C15H14OSe. The molecule has 1 nitrogen and oxygen atoms in total. The minimum absolute atomic E-state index is 0.197. The van der Waals surface area contributed by atoms with E-state index < -0.39 is 0 Å². The number of hydrogen-bond acceptors (Lipinski definition) is 1. The fourth-order valence-corrected chi connectivity index (χ4v) is 3.04. The van der Waals surface area contributed by atoms with Crippen molar-refractivity contribution in [3.05, 3.63) is 65.7 Å². The summed E-state index contributed by atoms with van der Waals surface area (Å²) >= 11 is 0.438. The second-order valence-electron chi connectivity index (χ2n) is 3.78. The van der Waals surface area contributed by atoms with E-state index in [9.17, 15) is 4.79 Å². The summed E-state index contributed by atoms with van der Waals surface area (Å²) in [5.74, 6) is 2.38. The molecule has 0 aliphatic rings. The fourth-order valence-electron chi connectivity index (χ4n) is 1.75. The van der Waals surface area contributed by atoms with Gasteiger partial charge in [-0.1, -0.05) is 0 Å². The SMILES string of the molecule is C[Se]c1ccccc1CC(=O)c1ccccc1. The van der Waals surface area contributed by atoms with E-state index in [2.05, 4.69) is 18.0 Å². The van der Waals surface area contributed by atoms with Crippen LogP contribution in [-0.2, 0) is 6.42 Å². The Morgan fingerprint density at radius 2 is 1.65 bits per heavy atom. The molecular weight excluding hydrogens is 275 g/mol. The Balaban J connectivity index is 2.19. The van der Waals surface area contributed by atoms with Crippen molar-refractivity contribution in [2.75, 3.05) is 0 Å². The van der Waals surface area contributed by atoms with Gasteiger partial charge in [0.25, 0.3) is 0 Å². The summed E-state index contributed by atoms with van der Waals surface area (Å²) in [6, 6.07) is 17.7. The van der Waals surface area contributed by atoms with Gasteiger partial charge in [0.15, 0.2) is 0 Å². The predicted molar refractivity (Wildman–Crippen MR) is 72.2 cm³/mol. The van der Waals surface area contributed by atoms with Gasteiger partial charge in [-0.05, 0) is 0 Å². The number of hydrogen-bond donors (Lipinski definition) is 0. The number of carbonyl (C=O) groups excluding carboxylic acids is 1. The maximum atomic E-state index is 12.1. The quantitative estimate of drug-likeness (QED) is 0.624. The number of ketones is 1. The first-order chi connectivity index (χ1) is 8.31. The van der Waals surface area contributed by atoms with Gasteiger partial charge in [-0.25, -0.2) is 0 Å². The van der Waals surface area contributed by atoms with Gasteiger partial charge in [0, 0.05) is 0 Å². The molecule has 0 aromatic heterocycles. The minimum atomic E-state index is 0.197. The molecule has 0 unspecified atom stereocenters. The monoisotopic (exact) mass is 290 g/mol. The summed E-state index contributed by atoms with van der Waals surface area (Å²) in [5.41, 5.74) is 1.97. The summed E-state index contributed by atoms with van der Waals surface area (Å²) < 4.78 is 1.32. The average molecular weight is 289 g/mol. The van der Waals surface area contributed by atoms with E-state index in [0.717, 1.165) is 5.56 Å². The van der Waals surface area contributed by atoms with Crippen LogP contribution < -0.4 is 4.46 Å². The molecule has 0 aliphatic heterocycles. The normalized spacial score (nSPS) is 10.2. The Labute approximate surface area is 108 Å². The summed E-state index contributed by atoms with van der Waals surface area (Å²) in [6.45, 7) is 0. The van der Waals surface area contributed by atoms with Gasteiger partial charge in [0.1, 0.15) is 0 Å². The van der Waals surface area contributed by atoms with E-state index in [1.807, 2.05) is 42.5 Å². The zero-order valence-electron chi connectivity index (χ0n) is 9.72. The summed E-state index contributed by atoms with van der Waals surface area (Å²) in [5, 5.41) is 0. The zero-order valence-corrected chi connectivity index (χ0v) is 11.4. The average Bonchev–Trinajstić information content (AvgIpc) is 2.40. The molecule has 0 fully saturated rings. The van der Waals surface area contributed by atoms with Crippen LogP contribution in [0.25, 0.3) is 0 Å². The number of benzene rings is 2. The van der Waals surface area contributed by atoms with Crippen LogP contribution in [0.4, 0.5) is 0 Å². The molecule has 0 saturated carbocycles. The van der Waals surface area contributed by atoms with Crippen molar-refractivity contribution in [3.63, 3.8) is 0 Å². The van der Waals surface area contributed by atoms with Crippen LogP contribution in [0.3, 0.4) is 0 Å². The molecule has 2 aromatic rings. The first-order valence-electron chi connectivity index (χ1n) is 5.51. The third-order valence-corrected chi connectivity index (χ3v) is 4.40. The molecule has 0 saturated heterocycles. The van der Waals surface area contributed by atoms with E-state index in [1.165, 1.54) is 10.0 Å². The molecule has 0 amide bonds. The molecule has 2 aromatic carbocycles. The summed E-state index contributed by atoms with van der Waals surface area (Å²) in [7, 11) is 0. The number of Topliss-reactive ketones (excluding diaryl/α,β-unsaturated/α-hetero) is 1. The Kier molecular flexibility index (Phi) is 4.13. The topological polar surface area (TPSA) is 17.1 Å². The van der Waals surface area contributed by atoms with Crippen LogP contribution in [0, 0.1) is 0 Å². The van der Waals surface area contributed by atoms with Crippen molar-refractivity contribution in [2.45, 2.75) is 12.2 Å². The van der Waals surface area contributed by atoms with E-state index in [-0.39, 0.29) is 5.78 Å². The second kappa shape index (κ2) is 5.81. The van der Waals surface area contributed by atoms with E-state index >= 15 is 0 Å². The summed E-state index contributed by atoms with van der Waals surface area (Å²) in [6.07, 6.45) is 0.510. The predicted octanol–water partition coefficient (Wildman–Crippen LogP) is 2.49. The molecule has 2 rings (SSSR count). The first-order valence-corrected chi connectivity index (χ1v) is 8.08. The summed E-state index contributed by atoms with van der Waals surface area (Å²) in [4.78, 5) is 12.1. The molecule has 0 aliphatic carbocycles. The standard InChI is InChI=1S/C15H14OSe/c1-17-15-10-6-5-9-13(15)11-14(16)12-7-3-2-4-8-12/h2-10H,11H2,1H3. The van der Waals surface area contributed by atoms with Gasteiger partial charge in [-0.3, -0.25) is 0 Å². The third kappa shape index (κ3) is 3.06. The fraction of sp³-hybridized carbons (Fsp3) is 0.133. The third-order valence-electron chi connectivity index (χ3n) is 2.64. The molecule has 2 heteroatoms. The molecule has 0 atom stereocenters. The van der Waals surface area contributed by atoms with Crippen LogP contribution >= 0.6 is 0 Å². The molecule has 0 heterocycles. The molecule has 0 N–H and O–H groups in total. The van der Waals surface area contributed by atoms with Crippen molar-refractivity contribution in [2.24, 2.45) is 0 Å². The van der Waals surface area contributed by atoms with Crippen LogP contribution in [0.2, 0.25) is 5.82 Å². The van der Waals surface area contributed by atoms with Crippen LogP contribution in [0.5, 0.6) is 0 Å². The number of carbonyl (C=O) groups is 1. The van der Waals surface area contributed by atoms with Crippen molar-refractivity contribution < 1.29 is 4.79 Å². The van der Waals surface area contributed by atoms with E-state index in [0.29, 0.717) is 21.4 Å². The zero-order chi connectivity index (χ0) is 12.1. The molecule has 0 radical (unpaired) electrons. The van der Waals surface area contributed by atoms with Crippen molar-refractivity contribution in [1.29, 1.82) is 0 Å². The van der Waals surface area contributed by atoms with Crippen molar-refractivity contribution in [1.82, 2.24) is 0 Å². The van der Waals surface area contributed by atoms with Gasteiger partial charge in [-0.2, -0.15) is 0 Å². The maximum absolute atomic E-state index is 12.1. The Hall–Kier alpha value is -1.37. The van der Waals surface area contributed by atoms with Gasteiger partial charge < -0.3 is 0 Å². The Bertz CT molecular complexity index is 505. The molecule has 0 bridgehead atoms. The van der Waals surface area contributed by atoms with E-state index in [4.69, 9.17) is 0 Å². The second-order valence-corrected chi connectivity index (χ2v) is 5.56. The Morgan fingerprint density at radius 3 is 2.35 bits per heavy atom. The van der Waals surface area contributed by atoms with E-state index in [1.54, 1.807) is 0 Å². The van der Waals surface area contributed by atoms with Gasteiger partial charge in [0.05, 0.1) is 0 Å². The number of rotatable bonds is 4. The van der Waals surface area contributed by atoms with Gasteiger partial charge in [0.2, 0.25) is 0 Å².